The van der Waals surface area contributed by atoms with E-state index < -0.39 is 0 Å². The number of aromatic nitrogens is 3. The third-order valence-corrected chi connectivity index (χ3v) is 4.78. The maximum absolute atomic E-state index is 13.9. The topological polar surface area (TPSA) is 68.0 Å². The Balaban J connectivity index is 1.45. The molecule has 0 spiro atoms. The number of benzene rings is 1. The van der Waals surface area contributed by atoms with Gasteiger partial charge in [0.05, 0.1) is 12.1 Å². The Labute approximate surface area is 144 Å². The van der Waals surface area contributed by atoms with E-state index in [1.807, 2.05) is 18.0 Å². The number of hydrogen-bond acceptors (Lipinski definition) is 3. The normalized spacial score (nSPS) is 15.8. The summed E-state index contributed by atoms with van der Waals surface area (Å²) in [5.74, 6) is 0.525. The Hall–Kier alpha value is -2.67. The monoisotopic (exact) mass is 341 g/mol. The van der Waals surface area contributed by atoms with Crippen LogP contribution in [0.5, 0.6) is 0 Å². The fourth-order valence-electron chi connectivity index (χ4n) is 3.32. The molecule has 4 rings (SSSR count). The number of aryl methyl sites for hydroxylation is 1. The van der Waals surface area contributed by atoms with Gasteiger partial charge >= 0.3 is 0 Å². The zero-order valence-corrected chi connectivity index (χ0v) is 14.1. The Kier molecular flexibility index (Phi) is 4.01. The third kappa shape index (κ3) is 3.02. The molecule has 1 aliphatic rings. The number of H-pyrrole nitrogens is 2. The van der Waals surface area contributed by atoms with Crippen LogP contribution in [0, 0.1) is 12.7 Å². The van der Waals surface area contributed by atoms with Gasteiger partial charge in [-0.15, -0.1) is 0 Å². The molecule has 0 aliphatic carbocycles. The lowest BCUT2D eigenvalue weighted by molar-refractivity contribution is 0.0621. The molecule has 0 radical (unpaired) electrons. The summed E-state index contributed by atoms with van der Waals surface area (Å²) < 4.78 is 13.9. The van der Waals surface area contributed by atoms with E-state index in [1.165, 1.54) is 6.07 Å². The fourth-order valence-corrected chi connectivity index (χ4v) is 3.32. The molecule has 130 valence electrons. The lowest BCUT2D eigenvalue weighted by Gasteiger charge is -2.34. The molecule has 1 saturated heterocycles. The fraction of sp³-hybridized carbons (Fsp3) is 0.333. The maximum atomic E-state index is 13.9. The van der Waals surface area contributed by atoms with Crippen molar-refractivity contribution in [3.05, 3.63) is 53.5 Å². The molecule has 6 nitrogen and oxygen atoms in total. The summed E-state index contributed by atoms with van der Waals surface area (Å²) in [5, 5.41) is 0.764. The molecule has 3 heterocycles. The highest BCUT2D eigenvalue weighted by Crippen LogP contribution is 2.23. The number of halogens is 1. The number of amides is 1. The SMILES string of the molecule is Cc1ccc(F)c2[nH]c(C(=O)N3CCN(Cc4ncc[nH]4)CC3)cc12. The Bertz CT molecular complexity index is 855. The first kappa shape index (κ1) is 15.8. The van der Waals surface area contributed by atoms with Gasteiger partial charge in [0.15, 0.2) is 0 Å². The van der Waals surface area contributed by atoms with Crippen molar-refractivity contribution in [2.75, 3.05) is 26.2 Å². The number of nitrogens with one attached hydrogen (secondary N) is 2. The smallest absolute Gasteiger partial charge is 0.270 e. The number of hydrogen-bond donors (Lipinski definition) is 2. The van der Waals surface area contributed by atoms with Gasteiger partial charge in [-0.05, 0) is 24.6 Å². The summed E-state index contributed by atoms with van der Waals surface area (Å²) in [6.45, 7) is 5.55. The van der Waals surface area contributed by atoms with Gasteiger partial charge in [0, 0.05) is 44.0 Å². The van der Waals surface area contributed by atoms with Gasteiger partial charge < -0.3 is 14.9 Å². The first-order valence-electron chi connectivity index (χ1n) is 8.39. The number of carbonyl (C=O) groups is 1. The van der Waals surface area contributed by atoms with Crippen LogP contribution in [-0.4, -0.2) is 56.8 Å². The summed E-state index contributed by atoms with van der Waals surface area (Å²) >= 11 is 0. The second-order valence-electron chi connectivity index (χ2n) is 6.44. The number of fused-ring (bicyclic) bond motifs is 1. The van der Waals surface area contributed by atoms with Crippen LogP contribution in [0.3, 0.4) is 0 Å². The quantitative estimate of drug-likeness (QED) is 0.768. The van der Waals surface area contributed by atoms with Crippen molar-refractivity contribution in [3.8, 4) is 0 Å². The number of nitrogens with zero attached hydrogens (tertiary/aromatic N) is 3. The number of piperazine rings is 1. The number of imidazole rings is 1. The molecule has 0 saturated carbocycles. The van der Waals surface area contributed by atoms with Crippen molar-refractivity contribution in [2.24, 2.45) is 0 Å². The van der Waals surface area contributed by atoms with Crippen LogP contribution in [0.1, 0.15) is 21.9 Å². The van der Waals surface area contributed by atoms with Crippen molar-refractivity contribution >= 4 is 16.8 Å². The minimum atomic E-state index is -0.331. The van der Waals surface area contributed by atoms with Gasteiger partial charge in [-0.25, -0.2) is 9.37 Å². The molecule has 0 unspecified atom stereocenters. The van der Waals surface area contributed by atoms with E-state index in [9.17, 15) is 9.18 Å². The summed E-state index contributed by atoms with van der Waals surface area (Å²) in [6.07, 6.45) is 3.55. The van der Waals surface area contributed by atoms with Gasteiger partial charge in [0.2, 0.25) is 0 Å². The van der Waals surface area contributed by atoms with Crippen molar-refractivity contribution in [1.82, 2.24) is 24.8 Å². The van der Waals surface area contributed by atoms with Gasteiger partial charge in [0.25, 0.3) is 5.91 Å². The molecule has 1 aliphatic heterocycles. The maximum Gasteiger partial charge on any atom is 0.270 e. The predicted octanol–water partition coefficient (Wildman–Crippen LogP) is 2.30. The van der Waals surface area contributed by atoms with Crippen LogP contribution in [-0.2, 0) is 6.54 Å². The zero-order chi connectivity index (χ0) is 17.4. The first-order valence-corrected chi connectivity index (χ1v) is 8.39. The summed E-state index contributed by atoms with van der Waals surface area (Å²) in [6, 6.07) is 4.91. The first-order chi connectivity index (χ1) is 12.1. The highest BCUT2D eigenvalue weighted by atomic mass is 19.1. The molecule has 3 aromatic rings. The highest BCUT2D eigenvalue weighted by molar-refractivity contribution is 5.99. The molecule has 7 heteroatoms. The number of rotatable bonds is 3. The molecule has 2 N–H and O–H groups in total. The van der Waals surface area contributed by atoms with Crippen LogP contribution in [0.15, 0.2) is 30.6 Å². The van der Waals surface area contributed by atoms with Crippen molar-refractivity contribution in [1.29, 1.82) is 0 Å². The molecule has 1 aromatic carbocycles. The molecule has 25 heavy (non-hydrogen) atoms. The van der Waals surface area contributed by atoms with Crippen LogP contribution in [0.25, 0.3) is 10.9 Å². The van der Waals surface area contributed by atoms with Crippen molar-refractivity contribution in [2.45, 2.75) is 13.5 Å². The van der Waals surface area contributed by atoms with Gasteiger partial charge in [-0.1, -0.05) is 6.07 Å². The minimum absolute atomic E-state index is 0.0763. The van der Waals surface area contributed by atoms with E-state index in [0.717, 1.165) is 36.4 Å². The van der Waals surface area contributed by atoms with Gasteiger partial charge in [-0.2, -0.15) is 0 Å². The van der Waals surface area contributed by atoms with E-state index in [-0.39, 0.29) is 11.7 Å². The van der Waals surface area contributed by atoms with Crippen LogP contribution in [0.2, 0.25) is 0 Å². The molecule has 0 atom stereocenters. The van der Waals surface area contributed by atoms with E-state index >= 15 is 0 Å². The molecule has 2 aromatic heterocycles. The Morgan fingerprint density at radius 3 is 2.76 bits per heavy atom. The van der Waals surface area contributed by atoms with Gasteiger partial charge in [0.1, 0.15) is 17.3 Å². The average Bonchev–Trinajstić information content (AvgIpc) is 3.28. The molecule has 0 bridgehead atoms. The molecular formula is C18H20FN5O. The largest absolute Gasteiger partial charge is 0.348 e. The standard InChI is InChI=1S/C18H20FN5O/c1-12-2-3-14(19)17-13(12)10-15(22-17)18(25)24-8-6-23(7-9-24)11-16-20-4-5-21-16/h2-5,10,22H,6-9,11H2,1H3,(H,20,21). The average molecular weight is 341 g/mol. The van der Waals surface area contributed by atoms with Gasteiger partial charge in [-0.3, -0.25) is 9.69 Å². The van der Waals surface area contributed by atoms with Crippen LogP contribution < -0.4 is 0 Å². The lowest BCUT2D eigenvalue weighted by atomic mass is 10.1. The van der Waals surface area contributed by atoms with E-state index in [2.05, 4.69) is 19.9 Å². The van der Waals surface area contributed by atoms with E-state index in [0.29, 0.717) is 24.3 Å². The van der Waals surface area contributed by atoms with E-state index in [4.69, 9.17) is 0 Å². The summed E-state index contributed by atoms with van der Waals surface area (Å²) in [7, 11) is 0. The third-order valence-electron chi connectivity index (χ3n) is 4.78. The van der Waals surface area contributed by atoms with Crippen LogP contribution >= 0.6 is 0 Å². The zero-order valence-electron chi connectivity index (χ0n) is 14.1. The van der Waals surface area contributed by atoms with Crippen molar-refractivity contribution in [3.63, 3.8) is 0 Å². The Morgan fingerprint density at radius 2 is 2.08 bits per heavy atom. The number of aromatic amines is 2. The lowest BCUT2D eigenvalue weighted by Crippen LogP contribution is -2.48. The second-order valence-corrected chi connectivity index (χ2v) is 6.44. The summed E-state index contributed by atoms with van der Waals surface area (Å²) in [4.78, 5) is 27.1. The highest BCUT2D eigenvalue weighted by Gasteiger charge is 2.24. The predicted molar refractivity (Wildman–Crippen MR) is 92.8 cm³/mol. The summed E-state index contributed by atoms with van der Waals surface area (Å²) in [5.41, 5.74) is 1.80. The van der Waals surface area contributed by atoms with Crippen LogP contribution in [0.4, 0.5) is 4.39 Å². The number of carbonyl (C=O) groups excluding carboxylic acids is 1. The molecule has 1 fully saturated rings. The second kappa shape index (κ2) is 6.33. The Morgan fingerprint density at radius 1 is 1.28 bits per heavy atom. The van der Waals surface area contributed by atoms with Crippen molar-refractivity contribution < 1.29 is 9.18 Å². The molecule has 1 amide bonds. The van der Waals surface area contributed by atoms with E-state index in [1.54, 1.807) is 18.3 Å². The minimum Gasteiger partial charge on any atom is -0.348 e. The molecular weight excluding hydrogens is 321 g/mol.